The van der Waals surface area contributed by atoms with Crippen LogP contribution in [0, 0.1) is 0 Å². The summed E-state index contributed by atoms with van der Waals surface area (Å²) in [5, 5.41) is 0.548. The van der Waals surface area contributed by atoms with E-state index in [-0.39, 0.29) is 0 Å². The third-order valence-electron chi connectivity index (χ3n) is 1.82. The largest absolute Gasteiger partial charge is 0.370 e. The number of nitrogens with zero attached hydrogens (tertiary/aromatic N) is 1. The van der Waals surface area contributed by atoms with Gasteiger partial charge in [-0.05, 0) is 24.6 Å². The molecule has 80 valence electrons. The first-order chi connectivity index (χ1) is 7.17. The van der Waals surface area contributed by atoms with E-state index in [1.807, 2.05) is 6.92 Å². The molecule has 0 spiro atoms. The number of carbonyl (C=O) groups is 1. The van der Waals surface area contributed by atoms with Crippen LogP contribution in [0.5, 0.6) is 0 Å². The monoisotopic (exact) mass is 226 g/mol. The molecule has 0 bridgehead atoms. The lowest BCUT2D eigenvalue weighted by Gasteiger charge is -2.00. The van der Waals surface area contributed by atoms with Crippen LogP contribution >= 0.6 is 11.6 Å². The summed E-state index contributed by atoms with van der Waals surface area (Å²) in [6.07, 6.45) is 3.65. The Morgan fingerprint density at radius 3 is 2.87 bits per heavy atom. The Labute approximate surface area is 92.7 Å². The predicted molar refractivity (Wildman–Crippen MR) is 57.8 cm³/mol. The fourth-order valence-electron chi connectivity index (χ4n) is 1.03. The minimum Gasteiger partial charge on any atom is -0.370 e. The molecule has 0 aromatic carbocycles. The van der Waals surface area contributed by atoms with Crippen molar-refractivity contribution in [1.29, 1.82) is 0 Å². The molecule has 0 amide bonds. The highest BCUT2D eigenvalue weighted by Crippen LogP contribution is 2.11. The molecule has 1 aromatic heterocycles. The van der Waals surface area contributed by atoms with Crippen molar-refractivity contribution in [2.24, 2.45) is 5.90 Å². The molecule has 4 nitrogen and oxygen atoms in total. The van der Waals surface area contributed by atoms with E-state index in [9.17, 15) is 4.79 Å². The lowest BCUT2D eigenvalue weighted by molar-refractivity contribution is -0.139. The predicted octanol–water partition coefficient (Wildman–Crippen LogP) is 1.95. The number of halogens is 1. The van der Waals surface area contributed by atoms with Gasteiger partial charge in [0.2, 0.25) is 0 Å². The maximum atomic E-state index is 11.1. The van der Waals surface area contributed by atoms with Crippen molar-refractivity contribution >= 4 is 23.6 Å². The third-order valence-corrected chi connectivity index (χ3v) is 2.05. The second-order valence-corrected chi connectivity index (χ2v) is 3.27. The molecule has 0 unspecified atom stereocenters. The van der Waals surface area contributed by atoms with E-state index in [4.69, 9.17) is 17.5 Å². The Bertz CT molecular complexity index is 374. The van der Waals surface area contributed by atoms with Crippen molar-refractivity contribution in [3.8, 4) is 0 Å². The molecule has 0 saturated carbocycles. The fraction of sp³-hybridized carbons (Fsp3) is 0.200. The molecule has 1 heterocycles. The van der Waals surface area contributed by atoms with Crippen LogP contribution in [0.1, 0.15) is 19.0 Å². The summed E-state index contributed by atoms with van der Waals surface area (Å²) < 4.78 is 0. The minimum atomic E-state index is -0.547. The summed E-state index contributed by atoms with van der Waals surface area (Å²) >= 11 is 5.68. The number of hydrogen-bond acceptors (Lipinski definition) is 4. The van der Waals surface area contributed by atoms with E-state index in [1.54, 1.807) is 18.2 Å². The molecule has 0 fully saturated rings. The van der Waals surface area contributed by atoms with Crippen LogP contribution in [0.3, 0.4) is 0 Å². The van der Waals surface area contributed by atoms with E-state index in [0.717, 1.165) is 0 Å². The van der Waals surface area contributed by atoms with Crippen LogP contribution in [-0.2, 0) is 9.63 Å². The zero-order valence-electron chi connectivity index (χ0n) is 8.24. The van der Waals surface area contributed by atoms with Crippen molar-refractivity contribution in [1.82, 2.24) is 4.98 Å². The minimum absolute atomic E-state index is 0.465. The maximum absolute atomic E-state index is 11.1. The summed E-state index contributed by atoms with van der Waals surface area (Å²) in [5.41, 5.74) is 1.11. The first-order valence-corrected chi connectivity index (χ1v) is 4.78. The quantitative estimate of drug-likeness (QED) is 0.632. The molecule has 0 saturated heterocycles. The van der Waals surface area contributed by atoms with Gasteiger partial charge >= 0.3 is 5.97 Å². The van der Waals surface area contributed by atoms with Crippen LogP contribution in [0.25, 0.3) is 6.08 Å². The number of pyridine rings is 1. The summed E-state index contributed by atoms with van der Waals surface area (Å²) in [7, 11) is 0. The van der Waals surface area contributed by atoms with E-state index in [2.05, 4.69) is 9.82 Å². The summed E-state index contributed by atoms with van der Waals surface area (Å²) in [6.45, 7) is 1.83. The van der Waals surface area contributed by atoms with Gasteiger partial charge in [-0.15, -0.1) is 0 Å². The zero-order valence-corrected chi connectivity index (χ0v) is 8.99. The summed E-state index contributed by atoms with van der Waals surface area (Å²) in [6, 6.07) is 3.41. The van der Waals surface area contributed by atoms with E-state index < -0.39 is 5.97 Å². The molecule has 0 aliphatic heterocycles. The average molecular weight is 227 g/mol. The molecule has 2 N–H and O–H groups in total. The summed E-state index contributed by atoms with van der Waals surface area (Å²) in [4.78, 5) is 19.3. The molecule has 1 aromatic rings. The van der Waals surface area contributed by atoms with E-state index in [0.29, 0.717) is 22.7 Å². The first-order valence-electron chi connectivity index (χ1n) is 4.40. The Kier molecular flexibility index (Phi) is 4.27. The van der Waals surface area contributed by atoms with Gasteiger partial charge in [0.1, 0.15) is 0 Å². The lowest BCUT2D eigenvalue weighted by Crippen LogP contribution is -2.12. The highest BCUT2D eigenvalue weighted by Gasteiger charge is 2.07. The topological polar surface area (TPSA) is 65.2 Å². The fourth-order valence-corrected chi connectivity index (χ4v) is 1.14. The van der Waals surface area contributed by atoms with Crippen LogP contribution in [0.2, 0.25) is 5.02 Å². The number of nitrogens with two attached hydrogens (primary N) is 1. The zero-order chi connectivity index (χ0) is 11.3. The normalized spacial score (nSPS) is 11.3. The van der Waals surface area contributed by atoms with Crippen LogP contribution < -0.4 is 5.90 Å². The van der Waals surface area contributed by atoms with Gasteiger partial charge in [0.05, 0.1) is 10.7 Å². The van der Waals surface area contributed by atoms with Gasteiger partial charge in [-0.3, -0.25) is 4.98 Å². The third kappa shape index (κ3) is 3.34. The van der Waals surface area contributed by atoms with Crippen LogP contribution in [0.15, 0.2) is 23.9 Å². The summed E-state index contributed by atoms with van der Waals surface area (Å²) in [5.74, 6) is 4.25. The lowest BCUT2D eigenvalue weighted by atomic mass is 10.1. The Balaban J connectivity index is 2.93. The molecule has 1 rings (SSSR count). The molecule has 0 aliphatic carbocycles. The van der Waals surface area contributed by atoms with Gasteiger partial charge in [-0.1, -0.05) is 18.5 Å². The Hall–Kier alpha value is -1.39. The van der Waals surface area contributed by atoms with Gasteiger partial charge in [0.15, 0.2) is 0 Å². The van der Waals surface area contributed by atoms with Crippen LogP contribution in [-0.4, -0.2) is 11.0 Å². The van der Waals surface area contributed by atoms with E-state index >= 15 is 0 Å². The number of carbonyl (C=O) groups excluding carboxylic acids is 1. The second-order valence-electron chi connectivity index (χ2n) is 2.83. The Morgan fingerprint density at radius 2 is 2.40 bits per heavy atom. The van der Waals surface area contributed by atoms with Crippen molar-refractivity contribution in [3.05, 3.63) is 34.6 Å². The van der Waals surface area contributed by atoms with Gasteiger partial charge in [-0.25, -0.2) is 4.79 Å². The molecule has 0 radical (unpaired) electrons. The second kappa shape index (κ2) is 5.48. The van der Waals surface area contributed by atoms with Gasteiger partial charge in [0.25, 0.3) is 0 Å². The van der Waals surface area contributed by atoms with Gasteiger partial charge in [-0.2, -0.15) is 5.90 Å². The van der Waals surface area contributed by atoms with Gasteiger partial charge < -0.3 is 4.84 Å². The number of rotatable bonds is 3. The first kappa shape index (κ1) is 11.7. The SMILES string of the molecule is CCC(=Cc1ccc(Cl)cn1)C(=O)ON. The number of aromatic nitrogens is 1. The standard InChI is InChI=1S/C10H11ClN2O2/c1-2-7(10(14)15-12)5-9-4-3-8(11)6-13-9/h3-6H,2,12H2,1H3. The average Bonchev–Trinajstić information content (AvgIpc) is 2.27. The smallest absolute Gasteiger partial charge is 0.352 e. The molecule has 0 aliphatic rings. The van der Waals surface area contributed by atoms with Crippen molar-refractivity contribution in [2.75, 3.05) is 0 Å². The molecule has 5 heteroatoms. The van der Waals surface area contributed by atoms with Crippen molar-refractivity contribution < 1.29 is 9.63 Å². The molecule has 0 atom stereocenters. The molecular formula is C10H11ClN2O2. The highest BCUT2D eigenvalue weighted by atomic mass is 35.5. The van der Waals surface area contributed by atoms with Crippen LogP contribution in [0.4, 0.5) is 0 Å². The van der Waals surface area contributed by atoms with Crippen molar-refractivity contribution in [2.45, 2.75) is 13.3 Å². The molecule has 15 heavy (non-hydrogen) atoms. The van der Waals surface area contributed by atoms with Gasteiger partial charge in [0, 0.05) is 11.8 Å². The van der Waals surface area contributed by atoms with E-state index in [1.165, 1.54) is 6.20 Å². The Morgan fingerprint density at radius 1 is 1.67 bits per heavy atom. The maximum Gasteiger partial charge on any atom is 0.352 e. The molecular weight excluding hydrogens is 216 g/mol. The highest BCUT2D eigenvalue weighted by molar-refractivity contribution is 6.30. The number of hydrogen-bond donors (Lipinski definition) is 1. The van der Waals surface area contributed by atoms with Crippen molar-refractivity contribution in [3.63, 3.8) is 0 Å².